The van der Waals surface area contributed by atoms with Crippen LogP contribution in [0, 0.1) is 0 Å². The topological polar surface area (TPSA) is 156 Å². The molecular formula is C18H25N7O5S2. The van der Waals surface area contributed by atoms with Crippen LogP contribution < -0.4 is 19.7 Å². The van der Waals surface area contributed by atoms with Crippen LogP contribution in [0.1, 0.15) is 31.1 Å². The van der Waals surface area contributed by atoms with Gasteiger partial charge in [0, 0.05) is 31.6 Å². The highest BCUT2D eigenvalue weighted by atomic mass is 32.2. The van der Waals surface area contributed by atoms with Gasteiger partial charge in [-0.2, -0.15) is 15.0 Å². The molecule has 0 fully saturated rings. The molecular weight excluding hydrogens is 458 g/mol. The van der Waals surface area contributed by atoms with Crippen LogP contribution in [0.4, 0.5) is 16.7 Å². The lowest BCUT2D eigenvalue weighted by Gasteiger charge is -2.19. The van der Waals surface area contributed by atoms with Crippen molar-refractivity contribution in [3.05, 3.63) is 29.8 Å². The number of amides is 2. The number of anilines is 2. The normalized spacial score (nSPS) is 10.9. The van der Waals surface area contributed by atoms with Crippen LogP contribution in [0.25, 0.3) is 0 Å². The van der Waals surface area contributed by atoms with Gasteiger partial charge in [-0.15, -0.1) is 0 Å². The van der Waals surface area contributed by atoms with Gasteiger partial charge in [-0.3, -0.25) is 4.72 Å². The van der Waals surface area contributed by atoms with Crippen LogP contribution in [0.15, 0.2) is 34.3 Å². The van der Waals surface area contributed by atoms with Gasteiger partial charge in [-0.1, -0.05) is 12.1 Å². The largest absolute Gasteiger partial charge is 0.465 e. The average molecular weight is 484 g/mol. The molecule has 0 aliphatic rings. The molecule has 0 aliphatic carbocycles. The molecule has 32 heavy (non-hydrogen) atoms. The van der Waals surface area contributed by atoms with Gasteiger partial charge in [0.15, 0.2) is 0 Å². The van der Waals surface area contributed by atoms with Crippen molar-refractivity contribution in [3.8, 4) is 0 Å². The second-order valence-electron chi connectivity index (χ2n) is 6.07. The highest BCUT2D eigenvalue weighted by Gasteiger charge is 2.25. The minimum Gasteiger partial charge on any atom is -0.465 e. The van der Waals surface area contributed by atoms with E-state index >= 15 is 0 Å². The van der Waals surface area contributed by atoms with E-state index in [2.05, 4.69) is 29.7 Å². The summed E-state index contributed by atoms with van der Waals surface area (Å²) in [5, 5.41) is 3.16. The Morgan fingerprint density at radius 2 is 1.78 bits per heavy atom. The summed E-state index contributed by atoms with van der Waals surface area (Å²) in [7, 11) is -3.22. The molecule has 0 bridgehead atoms. The Hall–Kier alpha value is -3.13. The monoisotopic (exact) mass is 483 g/mol. The van der Waals surface area contributed by atoms with Crippen LogP contribution in [0.3, 0.4) is 0 Å². The number of aromatic nitrogens is 3. The summed E-state index contributed by atoms with van der Waals surface area (Å²) in [4.78, 5) is 38.5. The SMILES string of the molecule is CCNc1nc(SNC(=O)NS(=O)(=O)c2ccccc2C(=O)OC)nc(N(CC)CC)n1. The number of hydrogen-bond donors (Lipinski definition) is 3. The molecule has 0 radical (unpaired) electrons. The molecule has 1 aromatic carbocycles. The number of methoxy groups -OCH3 is 1. The second kappa shape index (κ2) is 11.5. The van der Waals surface area contributed by atoms with Crippen LogP contribution in [0.2, 0.25) is 0 Å². The molecule has 0 saturated carbocycles. The first kappa shape index (κ1) is 25.1. The number of carbonyl (C=O) groups excluding carboxylic acids is 2. The van der Waals surface area contributed by atoms with E-state index < -0.39 is 22.0 Å². The number of carbonyl (C=O) groups is 2. The van der Waals surface area contributed by atoms with E-state index in [9.17, 15) is 18.0 Å². The van der Waals surface area contributed by atoms with E-state index in [1.807, 2.05) is 30.4 Å². The van der Waals surface area contributed by atoms with E-state index in [1.165, 1.54) is 24.3 Å². The van der Waals surface area contributed by atoms with Crippen molar-refractivity contribution in [2.24, 2.45) is 0 Å². The minimum absolute atomic E-state index is 0.167. The molecule has 2 rings (SSSR count). The van der Waals surface area contributed by atoms with Gasteiger partial charge in [0.05, 0.1) is 12.7 Å². The Morgan fingerprint density at radius 1 is 1.09 bits per heavy atom. The lowest BCUT2D eigenvalue weighted by Crippen LogP contribution is -2.37. The molecule has 2 aromatic rings. The van der Waals surface area contributed by atoms with Crippen molar-refractivity contribution in [1.82, 2.24) is 24.4 Å². The number of hydrogen-bond acceptors (Lipinski definition) is 11. The fraction of sp³-hybridized carbons (Fsp3) is 0.389. The maximum atomic E-state index is 12.6. The molecule has 0 spiro atoms. The van der Waals surface area contributed by atoms with Gasteiger partial charge in [0.25, 0.3) is 10.0 Å². The number of rotatable bonds is 10. The van der Waals surface area contributed by atoms with Crippen molar-refractivity contribution in [1.29, 1.82) is 0 Å². The fourth-order valence-electron chi connectivity index (χ4n) is 2.55. The van der Waals surface area contributed by atoms with Crippen LogP contribution in [-0.2, 0) is 14.8 Å². The number of benzene rings is 1. The van der Waals surface area contributed by atoms with E-state index in [4.69, 9.17) is 0 Å². The van der Waals surface area contributed by atoms with Crippen molar-refractivity contribution in [3.63, 3.8) is 0 Å². The fourth-order valence-corrected chi connectivity index (χ4v) is 4.21. The molecule has 0 atom stereocenters. The third kappa shape index (κ3) is 6.43. The number of esters is 1. The summed E-state index contributed by atoms with van der Waals surface area (Å²) in [5.41, 5.74) is -0.195. The quantitative estimate of drug-likeness (QED) is 0.333. The molecule has 12 nitrogen and oxygen atoms in total. The van der Waals surface area contributed by atoms with E-state index in [0.29, 0.717) is 31.5 Å². The first-order valence-corrected chi connectivity index (χ1v) is 12.0. The summed E-state index contributed by atoms with van der Waals surface area (Å²) in [5.74, 6) is -0.0927. The number of nitrogens with one attached hydrogen (secondary N) is 3. The number of ether oxygens (including phenoxy) is 1. The molecule has 174 valence electrons. The number of sulfonamides is 1. The zero-order valence-electron chi connectivity index (χ0n) is 18.1. The number of urea groups is 1. The predicted molar refractivity (Wildman–Crippen MR) is 120 cm³/mol. The van der Waals surface area contributed by atoms with Gasteiger partial charge in [0.2, 0.25) is 17.1 Å². The first-order valence-electron chi connectivity index (χ1n) is 9.67. The number of nitrogens with zero attached hydrogens (tertiary/aromatic N) is 4. The highest BCUT2D eigenvalue weighted by molar-refractivity contribution is 7.98. The van der Waals surface area contributed by atoms with Gasteiger partial charge < -0.3 is 15.0 Å². The van der Waals surface area contributed by atoms with Gasteiger partial charge in [-0.05, 0) is 32.9 Å². The average Bonchev–Trinajstić information content (AvgIpc) is 2.78. The van der Waals surface area contributed by atoms with Crippen LogP contribution in [0.5, 0.6) is 0 Å². The summed E-state index contributed by atoms with van der Waals surface area (Å²) >= 11 is 0.725. The van der Waals surface area contributed by atoms with Gasteiger partial charge >= 0.3 is 12.0 Å². The van der Waals surface area contributed by atoms with Gasteiger partial charge in [0.1, 0.15) is 4.90 Å². The Bertz CT molecular complexity index is 1060. The molecule has 0 aliphatic heterocycles. The minimum atomic E-state index is -4.35. The molecule has 1 aromatic heterocycles. The lowest BCUT2D eigenvalue weighted by molar-refractivity contribution is 0.0596. The van der Waals surface area contributed by atoms with Crippen molar-refractivity contribution >= 4 is 45.9 Å². The molecule has 14 heteroatoms. The summed E-state index contributed by atoms with van der Waals surface area (Å²) in [6.45, 7) is 7.71. The van der Waals surface area contributed by atoms with Crippen LogP contribution in [-0.4, -0.2) is 62.1 Å². The van der Waals surface area contributed by atoms with E-state index in [-0.39, 0.29) is 15.6 Å². The molecule has 2 amide bonds. The smallest absolute Gasteiger partial charge is 0.339 e. The maximum absolute atomic E-state index is 12.6. The van der Waals surface area contributed by atoms with E-state index in [0.717, 1.165) is 19.1 Å². The van der Waals surface area contributed by atoms with Crippen molar-refractivity contribution in [2.45, 2.75) is 30.8 Å². The zero-order valence-corrected chi connectivity index (χ0v) is 19.7. The Labute approximate surface area is 190 Å². The summed E-state index contributed by atoms with van der Waals surface area (Å²) < 4.78 is 34.0. The van der Waals surface area contributed by atoms with Crippen molar-refractivity contribution in [2.75, 3.05) is 37.0 Å². The maximum Gasteiger partial charge on any atom is 0.339 e. The standard InChI is InChI=1S/C18H25N7O5S2/c1-5-19-15-20-16(25(6-2)7-3)22-18(21-15)31-23-17(27)24-32(28,29)13-11-9-8-10-12(13)14(26)30-4/h8-11H,5-7H2,1-4H3,(H2,23,24,27)(H,19,20,21,22). The summed E-state index contributed by atoms with van der Waals surface area (Å²) in [6, 6.07) is 4.35. The van der Waals surface area contributed by atoms with Gasteiger partial charge in [-0.25, -0.2) is 22.7 Å². The Morgan fingerprint density at radius 3 is 2.41 bits per heavy atom. The zero-order chi connectivity index (χ0) is 23.7. The van der Waals surface area contributed by atoms with E-state index in [1.54, 1.807) is 0 Å². The lowest BCUT2D eigenvalue weighted by atomic mass is 10.2. The molecule has 3 N–H and O–H groups in total. The second-order valence-corrected chi connectivity index (χ2v) is 8.49. The molecule has 0 saturated heterocycles. The molecule has 1 heterocycles. The Kier molecular flexibility index (Phi) is 9.02. The predicted octanol–water partition coefficient (Wildman–Crippen LogP) is 1.63. The third-order valence-corrected chi connectivity index (χ3v) is 6.07. The Balaban J connectivity index is 2.17. The van der Waals surface area contributed by atoms with Crippen molar-refractivity contribution < 1.29 is 22.7 Å². The highest BCUT2D eigenvalue weighted by Crippen LogP contribution is 2.18. The molecule has 0 unspecified atom stereocenters. The third-order valence-electron chi connectivity index (χ3n) is 4.03. The first-order chi connectivity index (χ1) is 15.2. The summed E-state index contributed by atoms with van der Waals surface area (Å²) in [6.07, 6.45) is 0. The van der Waals surface area contributed by atoms with Crippen LogP contribution >= 0.6 is 11.9 Å².